The van der Waals surface area contributed by atoms with Gasteiger partial charge in [0.2, 0.25) is 5.88 Å². The molecule has 0 aliphatic carbocycles. The van der Waals surface area contributed by atoms with Crippen LogP contribution < -0.4 is 4.74 Å². The smallest absolute Gasteiger partial charge is 0.223 e. The van der Waals surface area contributed by atoms with E-state index in [0.717, 1.165) is 28.2 Å². The standard InChI is InChI=1S/C15H12N4O.C2H6/c1-10-4-5-13(17-7-10)19-8-11-9-20-15-12(14(11)18-19)3-2-6-16-15;1-2/h2-8H,9H2,1H3;1-2H3. The number of pyridine rings is 2. The molecule has 1 aliphatic rings. The highest BCUT2D eigenvalue weighted by Crippen LogP contribution is 2.34. The SMILES string of the molecule is CC.Cc1ccc(-n2cc3c(n2)-c2cccnc2OC3)nc1. The monoisotopic (exact) mass is 294 g/mol. The van der Waals surface area contributed by atoms with Gasteiger partial charge in [-0.05, 0) is 30.7 Å². The van der Waals surface area contributed by atoms with Crippen LogP contribution >= 0.6 is 0 Å². The van der Waals surface area contributed by atoms with Gasteiger partial charge in [-0.25, -0.2) is 14.6 Å². The molecule has 5 nitrogen and oxygen atoms in total. The van der Waals surface area contributed by atoms with Crippen molar-refractivity contribution in [1.82, 2.24) is 19.7 Å². The predicted molar refractivity (Wildman–Crippen MR) is 85.0 cm³/mol. The molecule has 0 amide bonds. The molecule has 0 aromatic carbocycles. The molecule has 1 aliphatic heterocycles. The first kappa shape index (κ1) is 14.3. The molecule has 0 saturated carbocycles. The molecule has 3 aromatic heterocycles. The van der Waals surface area contributed by atoms with Crippen LogP contribution in [0.1, 0.15) is 25.0 Å². The van der Waals surface area contributed by atoms with Crippen LogP contribution in [0.15, 0.2) is 42.9 Å². The average Bonchev–Trinajstić information content (AvgIpc) is 3.02. The molecular weight excluding hydrogens is 276 g/mol. The lowest BCUT2D eigenvalue weighted by Crippen LogP contribution is -2.05. The Hall–Kier alpha value is -2.69. The van der Waals surface area contributed by atoms with Gasteiger partial charge in [0.05, 0.1) is 5.56 Å². The summed E-state index contributed by atoms with van der Waals surface area (Å²) in [5.74, 6) is 1.44. The first-order chi connectivity index (χ1) is 10.8. The molecule has 0 unspecified atom stereocenters. The number of ether oxygens (including phenoxy) is 1. The maximum atomic E-state index is 5.63. The zero-order valence-corrected chi connectivity index (χ0v) is 12.9. The summed E-state index contributed by atoms with van der Waals surface area (Å²) in [6.07, 6.45) is 5.52. The van der Waals surface area contributed by atoms with Crippen molar-refractivity contribution >= 4 is 0 Å². The molecule has 0 radical (unpaired) electrons. The van der Waals surface area contributed by atoms with E-state index in [1.165, 1.54) is 0 Å². The van der Waals surface area contributed by atoms with Crippen molar-refractivity contribution in [3.05, 3.63) is 54.0 Å². The molecule has 3 aromatic rings. The number of nitrogens with zero attached hydrogens (tertiary/aromatic N) is 4. The number of hydrogen-bond donors (Lipinski definition) is 0. The lowest BCUT2D eigenvalue weighted by molar-refractivity contribution is 0.290. The van der Waals surface area contributed by atoms with Crippen molar-refractivity contribution in [2.75, 3.05) is 0 Å². The average molecular weight is 294 g/mol. The van der Waals surface area contributed by atoms with Gasteiger partial charge in [-0.15, -0.1) is 0 Å². The van der Waals surface area contributed by atoms with Crippen LogP contribution in [0.5, 0.6) is 5.88 Å². The van der Waals surface area contributed by atoms with Crippen molar-refractivity contribution in [2.24, 2.45) is 0 Å². The van der Waals surface area contributed by atoms with Crippen LogP contribution in [0.4, 0.5) is 0 Å². The fourth-order valence-corrected chi connectivity index (χ4v) is 2.29. The molecule has 112 valence electrons. The van der Waals surface area contributed by atoms with Crippen molar-refractivity contribution in [3.63, 3.8) is 0 Å². The van der Waals surface area contributed by atoms with Gasteiger partial charge in [0.1, 0.15) is 12.3 Å². The van der Waals surface area contributed by atoms with Crippen LogP contribution in [0, 0.1) is 6.92 Å². The second-order valence-corrected chi connectivity index (χ2v) is 4.79. The highest BCUT2D eigenvalue weighted by molar-refractivity contribution is 5.69. The zero-order chi connectivity index (χ0) is 15.5. The molecule has 5 heteroatoms. The topological polar surface area (TPSA) is 52.8 Å². The van der Waals surface area contributed by atoms with Gasteiger partial charge in [-0.3, -0.25) is 0 Å². The number of aryl methyl sites for hydroxylation is 1. The zero-order valence-electron chi connectivity index (χ0n) is 12.9. The van der Waals surface area contributed by atoms with E-state index in [2.05, 4.69) is 15.1 Å². The molecule has 0 bridgehead atoms. The Kier molecular flexibility index (Phi) is 3.87. The molecule has 4 rings (SSSR count). The Morgan fingerprint density at radius 2 is 2.00 bits per heavy atom. The Balaban J connectivity index is 0.000000693. The van der Waals surface area contributed by atoms with E-state index in [9.17, 15) is 0 Å². The molecule has 22 heavy (non-hydrogen) atoms. The molecule has 0 spiro atoms. The summed E-state index contributed by atoms with van der Waals surface area (Å²) >= 11 is 0. The van der Waals surface area contributed by atoms with Crippen molar-refractivity contribution in [1.29, 1.82) is 0 Å². The number of fused-ring (bicyclic) bond motifs is 3. The van der Waals surface area contributed by atoms with E-state index in [0.29, 0.717) is 12.5 Å². The van der Waals surface area contributed by atoms with Crippen LogP contribution in [-0.2, 0) is 6.61 Å². The summed E-state index contributed by atoms with van der Waals surface area (Å²) in [7, 11) is 0. The van der Waals surface area contributed by atoms with E-state index < -0.39 is 0 Å². The molecule has 0 N–H and O–H groups in total. The Morgan fingerprint density at radius 3 is 2.77 bits per heavy atom. The number of rotatable bonds is 1. The highest BCUT2D eigenvalue weighted by atomic mass is 16.5. The largest absolute Gasteiger partial charge is 0.472 e. The molecular formula is C17H18N4O. The number of hydrogen-bond acceptors (Lipinski definition) is 4. The van der Waals surface area contributed by atoms with Crippen LogP contribution in [0.2, 0.25) is 0 Å². The van der Waals surface area contributed by atoms with E-state index in [-0.39, 0.29) is 0 Å². The van der Waals surface area contributed by atoms with E-state index in [1.54, 1.807) is 10.9 Å². The minimum Gasteiger partial charge on any atom is -0.472 e. The normalized spacial score (nSPS) is 11.6. The third-order valence-electron chi connectivity index (χ3n) is 3.31. The van der Waals surface area contributed by atoms with Gasteiger partial charge in [-0.1, -0.05) is 19.9 Å². The second kappa shape index (κ2) is 5.97. The van der Waals surface area contributed by atoms with Gasteiger partial charge >= 0.3 is 0 Å². The first-order valence-corrected chi connectivity index (χ1v) is 7.41. The van der Waals surface area contributed by atoms with E-state index in [1.807, 2.05) is 57.4 Å². The summed E-state index contributed by atoms with van der Waals surface area (Å²) in [5.41, 5.74) is 4.03. The summed E-state index contributed by atoms with van der Waals surface area (Å²) in [4.78, 5) is 8.62. The highest BCUT2D eigenvalue weighted by Gasteiger charge is 2.22. The summed E-state index contributed by atoms with van der Waals surface area (Å²) < 4.78 is 7.42. The van der Waals surface area contributed by atoms with E-state index in [4.69, 9.17) is 4.74 Å². The van der Waals surface area contributed by atoms with Crippen molar-refractivity contribution in [3.8, 4) is 23.0 Å². The van der Waals surface area contributed by atoms with Crippen LogP contribution in [0.25, 0.3) is 17.1 Å². The van der Waals surface area contributed by atoms with Crippen LogP contribution in [0.3, 0.4) is 0 Å². The minimum atomic E-state index is 0.491. The van der Waals surface area contributed by atoms with Gasteiger partial charge < -0.3 is 4.74 Å². The molecule has 0 fully saturated rings. The molecule has 0 atom stereocenters. The lowest BCUT2D eigenvalue weighted by atomic mass is 10.1. The fraction of sp³-hybridized carbons (Fsp3) is 0.235. The fourth-order valence-electron chi connectivity index (χ4n) is 2.29. The Bertz CT molecular complexity index is 778. The molecule has 0 saturated heterocycles. The number of aromatic nitrogens is 4. The summed E-state index contributed by atoms with van der Waals surface area (Å²) in [5, 5.41) is 4.63. The first-order valence-electron chi connectivity index (χ1n) is 7.41. The van der Waals surface area contributed by atoms with Gasteiger partial charge in [0.25, 0.3) is 0 Å². The van der Waals surface area contributed by atoms with Gasteiger partial charge in [-0.2, -0.15) is 5.10 Å². The van der Waals surface area contributed by atoms with Crippen LogP contribution in [-0.4, -0.2) is 19.7 Å². The quantitative estimate of drug-likeness (QED) is 0.688. The van der Waals surface area contributed by atoms with Crippen molar-refractivity contribution in [2.45, 2.75) is 27.4 Å². The third kappa shape index (κ3) is 2.45. The van der Waals surface area contributed by atoms with Gasteiger partial charge in [0, 0.05) is 24.2 Å². The minimum absolute atomic E-state index is 0.491. The Labute approximate surface area is 129 Å². The summed E-state index contributed by atoms with van der Waals surface area (Å²) in [6.45, 7) is 6.51. The second-order valence-electron chi connectivity index (χ2n) is 4.79. The maximum Gasteiger partial charge on any atom is 0.223 e. The predicted octanol–water partition coefficient (Wildman–Crippen LogP) is 3.56. The lowest BCUT2D eigenvalue weighted by Gasteiger charge is -2.14. The van der Waals surface area contributed by atoms with Crippen molar-refractivity contribution < 1.29 is 4.74 Å². The summed E-state index contributed by atoms with van der Waals surface area (Å²) in [6, 6.07) is 7.84. The third-order valence-corrected chi connectivity index (χ3v) is 3.31. The Morgan fingerprint density at radius 1 is 1.14 bits per heavy atom. The van der Waals surface area contributed by atoms with E-state index >= 15 is 0 Å². The maximum absolute atomic E-state index is 5.63. The van der Waals surface area contributed by atoms with Gasteiger partial charge in [0.15, 0.2) is 5.82 Å². The molecule has 4 heterocycles.